The Morgan fingerprint density at radius 2 is 2.04 bits per heavy atom. The van der Waals surface area contributed by atoms with E-state index < -0.39 is 0 Å². The molecule has 1 unspecified atom stereocenters. The average Bonchev–Trinajstić information content (AvgIpc) is 2.49. The molecule has 6 nitrogen and oxygen atoms in total. The molecule has 0 saturated carbocycles. The second-order valence-corrected chi connectivity index (χ2v) is 5.65. The van der Waals surface area contributed by atoms with Gasteiger partial charge in [0.1, 0.15) is 12.4 Å². The summed E-state index contributed by atoms with van der Waals surface area (Å²) in [6.07, 6.45) is 0.418. The van der Waals surface area contributed by atoms with Crippen LogP contribution >= 0.6 is 24.8 Å². The van der Waals surface area contributed by atoms with Gasteiger partial charge in [0, 0.05) is 31.2 Å². The van der Waals surface area contributed by atoms with Crippen LogP contribution in [0, 0.1) is 0 Å². The highest BCUT2D eigenvalue weighted by Gasteiger charge is 2.16. The fourth-order valence-electron chi connectivity index (χ4n) is 2.17. The monoisotopic (exact) mass is 379 g/mol. The molecule has 2 N–H and O–H groups in total. The Hall–Kier alpha value is -1.05. The summed E-state index contributed by atoms with van der Waals surface area (Å²) in [4.78, 5) is 14.0. The molecule has 1 aromatic carbocycles. The van der Waals surface area contributed by atoms with Gasteiger partial charge in [-0.05, 0) is 38.4 Å². The van der Waals surface area contributed by atoms with E-state index in [9.17, 15) is 4.79 Å². The fraction of sp³-hybridized carbons (Fsp3) is 0.562. The first-order valence-electron chi connectivity index (χ1n) is 7.62. The minimum Gasteiger partial charge on any atom is -0.492 e. The van der Waals surface area contributed by atoms with Crippen LogP contribution in [0.1, 0.15) is 6.42 Å². The third-order valence-electron chi connectivity index (χ3n) is 3.38. The third kappa shape index (κ3) is 8.70. The van der Waals surface area contributed by atoms with Gasteiger partial charge in [-0.1, -0.05) is 0 Å². The van der Waals surface area contributed by atoms with Gasteiger partial charge in [-0.15, -0.1) is 24.8 Å². The number of benzene rings is 1. The lowest BCUT2D eigenvalue weighted by molar-refractivity contribution is -0.117. The molecule has 24 heavy (non-hydrogen) atoms. The summed E-state index contributed by atoms with van der Waals surface area (Å²) in [5, 5.41) is 6.16. The maximum absolute atomic E-state index is 12.0. The van der Waals surface area contributed by atoms with Crippen LogP contribution in [0.2, 0.25) is 0 Å². The van der Waals surface area contributed by atoms with Crippen molar-refractivity contribution >= 4 is 36.4 Å². The maximum Gasteiger partial charge on any atom is 0.226 e. The summed E-state index contributed by atoms with van der Waals surface area (Å²) in [6, 6.07) is 7.55. The lowest BCUT2D eigenvalue weighted by atomic mass is 10.2. The van der Waals surface area contributed by atoms with Gasteiger partial charge in [0.2, 0.25) is 5.91 Å². The molecule has 0 aromatic heterocycles. The molecule has 1 aromatic rings. The molecule has 2 rings (SSSR count). The first-order chi connectivity index (χ1) is 10.6. The van der Waals surface area contributed by atoms with Crippen molar-refractivity contribution in [1.82, 2.24) is 10.2 Å². The lowest BCUT2D eigenvalue weighted by Crippen LogP contribution is -2.43. The minimum atomic E-state index is -0.00993. The molecule has 0 spiro atoms. The number of hydrogen-bond acceptors (Lipinski definition) is 5. The topological polar surface area (TPSA) is 62.8 Å². The Morgan fingerprint density at radius 1 is 1.33 bits per heavy atom. The van der Waals surface area contributed by atoms with Gasteiger partial charge >= 0.3 is 0 Å². The Morgan fingerprint density at radius 3 is 2.62 bits per heavy atom. The van der Waals surface area contributed by atoms with E-state index in [0.717, 1.165) is 24.5 Å². The van der Waals surface area contributed by atoms with Crippen molar-refractivity contribution in [2.45, 2.75) is 12.5 Å². The summed E-state index contributed by atoms with van der Waals surface area (Å²) in [7, 11) is 4.02. The Labute approximate surface area is 156 Å². The van der Waals surface area contributed by atoms with E-state index in [1.807, 2.05) is 38.4 Å². The van der Waals surface area contributed by atoms with Crippen LogP contribution in [0.3, 0.4) is 0 Å². The zero-order valence-corrected chi connectivity index (χ0v) is 15.8. The number of likely N-dealkylation sites (N-methyl/N-ethyl adjacent to an activating group) is 1. The number of ether oxygens (including phenoxy) is 2. The highest BCUT2D eigenvalue weighted by Crippen LogP contribution is 2.16. The molecule has 1 aliphatic heterocycles. The molecule has 8 heteroatoms. The summed E-state index contributed by atoms with van der Waals surface area (Å²) in [5.41, 5.74) is 0.779. The molecule has 1 heterocycles. The van der Waals surface area contributed by atoms with Crippen molar-refractivity contribution < 1.29 is 14.3 Å². The van der Waals surface area contributed by atoms with Crippen LogP contribution in [0.25, 0.3) is 0 Å². The van der Waals surface area contributed by atoms with Crippen LogP contribution in [0.5, 0.6) is 5.75 Å². The zero-order valence-electron chi connectivity index (χ0n) is 14.1. The van der Waals surface area contributed by atoms with Crippen LogP contribution in [-0.4, -0.2) is 63.9 Å². The number of amides is 1. The molecular weight excluding hydrogens is 353 g/mol. The van der Waals surface area contributed by atoms with Crippen molar-refractivity contribution in [2.24, 2.45) is 0 Å². The SMILES string of the molecule is CN(C)CCOc1ccc(NC(=O)CC2COCCN2)cc1.Cl.Cl. The van der Waals surface area contributed by atoms with Crippen molar-refractivity contribution in [1.29, 1.82) is 0 Å². The number of carbonyl (C=O) groups excluding carboxylic acids is 1. The van der Waals surface area contributed by atoms with E-state index in [0.29, 0.717) is 26.2 Å². The number of halogens is 2. The Kier molecular flexibility index (Phi) is 11.8. The number of nitrogens with one attached hydrogen (secondary N) is 2. The first-order valence-corrected chi connectivity index (χ1v) is 7.62. The third-order valence-corrected chi connectivity index (χ3v) is 3.38. The number of hydrogen-bond donors (Lipinski definition) is 2. The van der Waals surface area contributed by atoms with Gasteiger partial charge in [0.05, 0.1) is 13.2 Å². The number of rotatable bonds is 7. The molecule has 1 aliphatic rings. The lowest BCUT2D eigenvalue weighted by Gasteiger charge is -2.23. The first kappa shape index (κ1) is 22.9. The van der Waals surface area contributed by atoms with E-state index >= 15 is 0 Å². The smallest absolute Gasteiger partial charge is 0.226 e. The van der Waals surface area contributed by atoms with E-state index in [-0.39, 0.29) is 36.8 Å². The van der Waals surface area contributed by atoms with Crippen molar-refractivity contribution in [2.75, 3.05) is 52.3 Å². The average molecular weight is 380 g/mol. The second kappa shape index (κ2) is 12.3. The van der Waals surface area contributed by atoms with Gasteiger partial charge in [0.25, 0.3) is 0 Å². The Bertz CT molecular complexity index is 466. The molecule has 1 fully saturated rings. The molecule has 0 aliphatic carbocycles. The molecule has 1 atom stereocenters. The summed E-state index contributed by atoms with van der Waals surface area (Å²) < 4.78 is 11.0. The van der Waals surface area contributed by atoms with Gasteiger partial charge in [-0.25, -0.2) is 0 Å². The highest BCUT2D eigenvalue weighted by atomic mass is 35.5. The largest absolute Gasteiger partial charge is 0.492 e. The van der Waals surface area contributed by atoms with E-state index in [4.69, 9.17) is 9.47 Å². The normalized spacial score (nSPS) is 16.7. The van der Waals surface area contributed by atoms with Gasteiger partial charge in [-0.2, -0.15) is 0 Å². The van der Waals surface area contributed by atoms with Crippen LogP contribution in [0.15, 0.2) is 24.3 Å². The number of morpholine rings is 1. The molecule has 1 amide bonds. The van der Waals surface area contributed by atoms with Gasteiger partial charge in [0.15, 0.2) is 0 Å². The van der Waals surface area contributed by atoms with Gasteiger partial charge < -0.3 is 25.0 Å². The van der Waals surface area contributed by atoms with Crippen molar-refractivity contribution in [3.8, 4) is 5.75 Å². The van der Waals surface area contributed by atoms with Crippen LogP contribution in [0.4, 0.5) is 5.69 Å². The number of anilines is 1. The zero-order chi connectivity index (χ0) is 15.8. The molecular formula is C16H27Cl2N3O3. The van der Waals surface area contributed by atoms with Crippen molar-refractivity contribution in [3.05, 3.63) is 24.3 Å². The van der Waals surface area contributed by atoms with Crippen LogP contribution < -0.4 is 15.4 Å². The number of nitrogens with zero attached hydrogens (tertiary/aromatic N) is 1. The molecule has 0 bridgehead atoms. The van der Waals surface area contributed by atoms with Gasteiger partial charge in [-0.3, -0.25) is 4.79 Å². The summed E-state index contributed by atoms with van der Waals surface area (Å²) >= 11 is 0. The predicted molar refractivity (Wildman–Crippen MR) is 101 cm³/mol. The van der Waals surface area contributed by atoms with E-state index in [1.54, 1.807) is 0 Å². The minimum absolute atomic E-state index is 0. The van der Waals surface area contributed by atoms with Crippen molar-refractivity contribution in [3.63, 3.8) is 0 Å². The standard InChI is InChI=1S/C16H25N3O3.2ClH/c1-19(2)8-10-22-15-5-3-13(4-6-15)18-16(20)11-14-12-21-9-7-17-14;;/h3-6,14,17H,7-12H2,1-2H3,(H,18,20);2*1H. The molecule has 138 valence electrons. The Balaban J connectivity index is 0.00000264. The molecule has 0 radical (unpaired) electrons. The van der Waals surface area contributed by atoms with E-state index in [2.05, 4.69) is 15.5 Å². The number of carbonyl (C=O) groups is 1. The summed E-state index contributed by atoms with van der Waals surface area (Å²) in [5.74, 6) is 0.798. The van der Waals surface area contributed by atoms with Crippen LogP contribution in [-0.2, 0) is 9.53 Å². The predicted octanol–water partition coefficient (Wildman–Crippen LogP) is 1.79. The fourth-order valence-corrected chi connectivity index (χ4v) is 2.17. The molecule has 1 saturated heterocycles. The second-order valence-electron chi connectivity index (χ2n) is 5.65. The summed E-state index contributed by atoms with van der Waals surface area (Å²) in [6.45, 7) is 3.62. The maximum atomic E-state index is 12.0. The quantitative estimate of drug-likeness (QED) is 0.755. The highest BCUT2D eigenvalue weighted by molar-refractivity contribution is 5.91. The van der Waals surface area contributed by atoms with E-state index in [1.165, 1.54) is 0 Å².